The van der Waals surface area contributed by atoms with Gasteiger partial charge in [-0.15, -0.1) is 0 Å². The van der Waals surface area contributed by atoms with E-state index < -0.39 is 17.7 Å². The van der Waals surface area contributed by atoms with Crippen molar-refractivity contribution < 1.29 is 13.6 Å². The number of amides is 1. The zero-order valence-corrected chi connectivity index (χ0v) is 11.4. The van der Waals surface area contributed by atoms with E-state index in [1.165, 1.54) is 0 Å². The highest BCUT2D eigenvalue weighted by Gasteiger charge is 2.61. The summed E-state index contributed by atoms with van der Waals surface area (Å²) in [7, 11) is 0. The Hall–Kier alpha value is -2.30. The van der Waals surface area contributed by atoms with Gasteiger partial charge in [0, 0.05) is 23.9 Å². The third-order valence-electron chi connectivity index (χ3n) is 3.59. The van der Waals surface area contributed by atoms with Crippen LogP contribution in [0.1, 0.15) is 12.0 Å². The van der Waals surface area contributed by atoms with Gasteiger partial charge in [-0.2, -0.15) is 0 Å². The van der Waals surface area contributed by atoms with Gasteiger partial charge in [0.1, 0.15) is 5.92 Å². The standard InChI is InChI=1S/C16H14F2N2O/c1-10-5-6-11(20-15(21)13-9-16(13,17)18)8-12(10)14-4-2-3-7-19-14/h2-8,13H,9H2,1H3,(H,20,21)/t13-/m0/s1. The first-order valence-corrected chi connectivity index (χ1v) is 6.68. The topological polar surface area (TPSA) is 42.0 Å². The predicted octanol–water partition coefficient (Wildman–Crippen LogP) is 3.65. The number of anilines is 1. The average Bonchev–Trinajstić information content (AvgIpc) is 3.11. The number of hydrogen-bond donors (Lipinski definition) is 1. The molecule has 1 N–H and O–H groups in total. The van der Waals surface area contributed by atoms with Gasteiger partial charge in [0.2, 0.25) is 5.91 Å². The number of carbonyl (C=O) groups excluding carboxylic acids is 1. The molecule has 108 valence electrons. The first-order chi connectivity index (χ1) is 9.97. The second kappa shape index (κ2) is 4.91. The predicted molar refractivity (Wildman–Crippen MR) is 76.1 cm³/mol. The Kier molecular flexibility index (Phi) is 3.20. The zero-order valence-electron chi connectivity index (χ0n) is 11.4. The Morgan fingerprint density at radius 2 is 2.10 bits per heavy atom. The Morgan fingerprint density at radius 1 is 1.33 bits per heavy atom. The first-order valence-electron chi connectivity index (χ1n) is 6.68. The fourth-order valence-corrected chi connectivity index (χ4v) is 2.22. The molecule has 1 aromatic carbocycles. The quantitative estimate of drug-likeness (QED) is 0.936. The number of pyridine rings is 1. The lowest BCUT2D eigenvalue weighted by Crippen LogP contribution is -2.17. The Balaban J connectivity index is 1.83. The first kappa shape index (κ1) is 13.7. The van der Waals surface area contributed by atoms with Crippen molar-refractivity contribution in [2.24, 2.45) is 5.92 Å². The van der Waals surface area contributed by atoms with Crippen LogP contribution in [-0.4, -0.2) is 16.8 Å². The number of hydrogen-bond acceptors (Lipinski definition) is 2. The number of carbonyl (C=O) groups is 1. The van der Waals surface area contributed by atoms with Crippen LogP contribution in [0.25, 0.3) is 11.3 Å². The zero-order chi connectivity index (χ0) is 15.0. The van der Waals surface area contributed by atoms with Crippen LogP contribution in [0.15, 0.2) is 42.6 Å². The van der Waals surface area contributed by atoms with Crippen LogP contribution in [0.2, 0.25) is 0 Å². The van der Waals surface area contributed by atoms with Crippen LogP contribution in [0.3, 0.4) is 0 Å². The van der Waals surface area contributed by atoms with Gasteiger partial charge in [-0.1, -0.05) is 12.1 Å². The number of nitrogens with zero attached hydrogens (tertiary/aromatic N) is 1. The molecule has 1 fully saturated rings. The molecule has 1 amide bonds. The van der Waals surface area contributed by atoms with Crippen molar-refractivity contribution in [3.63, 3.8) is 0 Å². The summed E-state index contributed by atoms with van der Waals surface area (Å²) in [6, 6.07) is 10.9. The Labute approximate surface area is 121 Å². The minimum Gasteiger partial charge on any atom is -0.326 e. The van der Waals surface area contributed by atoms with Crippen molar-refractivity contribution in [1.29, 1.82) is 0 Å². The van der Waals surface area contributed by atoms with Crippen molar-refractivity contribution in [3.05, 3.63) is 48.2 Å². The van der Waals surface area contributed by atoms with Crippen LogP contribution in [-0.2, 0) is 4.79 Å². The molecule has 1 aliphatic rings. The molecule has 5 heteroatoms. The maximum Gasteiger partial charge on any atom is 0.260 e. The van der Waals surface area contributed by atoms with Gasteiger partial charge in [-0.3, -0.25) is 9.78 Å². The highest BCUT2D eigenvalue weighted by molar-refractivity contribution is 5.95. The molecule has 1 aromatic heterocycles. The van der Waals surface area contributed by atoms with Gasteiger partial charge >= 0.3 is 0 Å². The van der Waals surface area contributed by atoms with Crippen molar-refractivity contribution in [3.8, 4) is 11.3 Å². The smallest absolute Gasteiger partial charge is 0.260 e. The van der Waals surface area contributed by atoms with E-state index in [9.17, 15) is 13.6 Å². The number of halogens is 2. The van der Waals surface area contributed by atoms with Crippen LogP contribution in [0.5, 0.6) is 0 Å². The highest BCUT2D eigenvalue weighted by atomic mass is 19.3. The number of rotatable bonds is 3. The summed E-state index contributed by atoms with van der Waals surface area (Å²) in [6.07, 6.45) is 1.32. The van der Waals surface area contributed by atoms with E-state index in [0.29, 0.717) is 5.69 Å². The van der Waals surface area contributed by atoms with Crippen LogP contribution in [0.4, 0.5) is 14.5 Å². The van der Waals surface area contributed by atoms with Gasteiger partial charge in [0.15, 0.2) is 0 Å². The fraction of sp³-hybridized carbons (Fsp3) is 0.250. The van der Waals surface area contributed by atoms with E-state index in [-0.39, 0.29) is 6.42 Å². The van der Waals surface area contributed by atoms with Gasteiger partial charge in [-0.25, -0.2) is 8.78 Å². The van der Waals surface area contributed by atoms with E-state index in [0.717, 1.165) is 16.8 Å². The maximum atomic E-state index is 12.9. The summed E-state index contributed by atoms with van der Waals surface area (Å²) in [6.45, 7) is 1.94. The Bertz CT molecular complexity index is 686. The van der Waals surface area contributed by atoms with Crippen molar-refractivity contribution in [2.75, 3.05) is 5.32 Å². The van der Waals surface area contributed by atoms with Crippen LogP contribution >= 0.6 is 0 Å². The third-order valence-corrected chi connectivity index (χ3v) is 3.59. The lowest BCUT2D eigenvalue weighted by atomic mass is 10.0. The minimum absolute atomic E-state index is 0.363. The van der Waals surface area contributed by atoms with Crippen molar-refractivity contribution in [1.82, 2.24) is 4.98 Å². The Morgan fingerprint density at radius 3 is 2.71 bits per heavy atom. The molecule has 3 rings (SSSR count). The van der Waals surface area contributed by atoms with E-state index in [4.69, 9.17) is 0 Å². The lowest BCUT2D eigenvalue weighted by molar-refractivity contribution is -0.119. The van der Waals surface area contributed by atoms with Crippen LogP contribution in [0, 0.1) is 12.8 Å². The molecule has 0 spiro atoms. The molecule has 1 heterocycles. The fourth-order valence-electron chi connectivity index (χ4n) is 2.22. The summed E-state index contributed by atoms with van der Waals surface area (Å²) in [5.41, 5.74) is 3.16. The summed E-state index contributed by atoms with van der Waals surface area (Å²) in [4.78, 5) is 16.0. The normalized spacial score (nSPS) is 19.1. The molecule has 0 radical (unpaired) electrons. The third kappa shape index (κ3) is 2.77. The molecule has 1 atom stereocenters. The summed E-state index contributed by atoms with van der Waals surface area (Å²) in [5, 5.41) is 2.55. The minimum atomic E-state index is -2.85. The number of alkyl halides is 2. The van der Waals surface area contributed by atoms with Crippen LogP contribution < -0.4 is 5.32 Å². The molecule has 1 saturated carbocycles. The second-order valence-electron chi connectivity index (χ2n) is 5.25. The number of nitrogens with one attached hydrogen (secondary N) is 1. The maximum absolute atomic E-state index is 12.9. The molecule has 0 saturated heterocycles. The molecule has 1 aliphatic carbocycles. The molecular formula is C16H14F2N2O. The lowest BCUT2D eigenvalue weighted by Gasteiger charge is -2.10. The monoisotopic (exact) mass is 288 g/mol. The second-order valence-corrected chi connectivity index (χ2v) is 5.25. The number of aryl methyl sites for hydroxylation is 1. The molecule has 0 bridgehead atoms. The SMILES string of the molecule is Cc1ccc(NC(=O)[C@@H]2CC2(F)F)cc1-c1ccccn1. The van der Waals surface area contributed by atoms with E-state index in [2.05, 4.69) is 10.3 Å². The number of benzene rings is 1. The van der Waals surface area contributed by atoms with Crippen molar-refractivity contribution in [2.45, 2.75) is 19.3 Å². The molecule has 0 unspecified atom stereocenters. The van der Waals surface area contributed by atoms with Gasteiger partial charge in [0.25, 0.3) is 5.92 Å². The summed E-state index contributed by atoms with van der Waals surface area (Å²) in [5.74, 6) is -4.67. The van der Waals surface area contributed by atoms with E-state index in [1.54, 1.807) is 18.3 Å². The largest absolute Gasteiger partial charge is 0.326 e. The van der Waals surface area contributed by atoms with E-state index in [1.807, 2.05) is 31.2 Å². The molecule has 2 aromatic rings. The molecule has 3 nitrogen and oxygen atoms in total. The molecule has 0 aliphatic heterocycles. The van der Waals surface area contributed by atoms with Gasteiger partial charge < -0.3 is 5.32 Å². The average molecular weight is 288 g/mol. The molecule has 21 heavy (non-hydrogen) atoms. The van der Waals surface area contributed by atoms with E-state index >= 15 is 0 Å². The van der Waals surface area contributed by atoms with Crippen molar-refractivity contribution >= 4 is 11.6 Å². The van der Waals surface area contributed by atoms with Gasteiger partial charge in [-0.05, 0) is 36.8 Å². The number of aromatic nitrogens is 1. The molecular weight excluding hydrogens is 274 g/mol. The highest BCUT2D eigenvalue weighted by Crippen LogP contribution is 2.49. The summed E-state index contributed by atoms with van der Waals surface area (Å²) >= 11 is 0. The summed E-state index contributed by atoms with van der Waals surface area (Å²) < 4.78 is 25.8. The van der Waals surface area contributed by atoms with Gasteiger partial charge in [0.05, 0.1) is 5.69 Å².